The molecule has 0 aliphatic carbocycles. The minimum atomic E-state index is -0.900. The topological polar surface area (TPSA) is 143 Å². The zero-order valence-corrected chi connectivity index (χ0v) is 13.1. The van der Waals surface area contributed by atoms with Gasteiger partial charge in [-0.3, -0.25) is 5.14 Å². The molecule has 1 atom stereocenters. The molecule has 9 N–H and O–H groups in total. The number of benzene rings is 2. The van der Waals surface area contributed by atoms with Crippen molar-refractivity contribution in [2.75, 3.05) is 6.61 Å². The van der Waals surface area contributed by atoms with Crippen molar-refractivity contribution in [3.05, 3.63) is 53.6 Å². The Hall–Kier alpha value is -2.10. The third-order valence-electron chi connectivity index (χ3n) is 3.37. The first kappa shape index (κ1) is 17.3. The summed E-state index contributed by atoms with van der Waals surface area (Å²) in [6.45, 7) is -0.328. The van der Waals surface area contributed by atoms with E-state index in [1.54, 1.807) is 12.1 Å². The fourth-order valence-corrected chi connectivity index (χ4v) is 2.74. The molecular weight excluding hydrogens is 314 g/mol. The number of nitrogens with one attached hydrogen (secondary N) is 1. The van der Waals surface area contributed by atoms with Crippen LogP contribution in [0.4, 0.5) is 0 Å². The Kier molecular flexibility index (Phi) is 5.97. The van der Waals surface area contributed by atoms with Gasteiger partial charge in [-0.25, -0.2) is 11.4 Å². The summed E-state index contributed by atoms with van der Waals surface area (Å²) in [5.74, 6) is 5.43. The minimum absolute atomic E-state index is 0.218. The van der Waals surface area contributed by atoms with Crippen molar-refractivity contribution in [3.63, 3.8) is 0 Å². The highest BCUT2D eigenvalue weighted by atomic mass is 32.2. The van der Waals surface area contributed by atoms with Crippen LogP contribution in [-0.4, -0.2) is 22.7 Å². The Balaban J connectivity index is 2.53. The van der Waals surface area contributed by atoms with Crippen molar-refractivity contribution in [2.24, 2.45) is 21.8 Å². The Morgan fingerprint density at radius 1 is 1.22 bits per heavy atom. The van der Waals surface area contributed by atoms with Crippen molar-refractivity contribution in [1.29, 1.82) is 0 Å². The zero-order chi connectivity index (χ0) is 16.8. The predicted molar refractivity (Wildman–Crippen MR) is 92.0 cm³/mol. The second-order valence-corrected chi connectivity index (χ2v) is 5.42. The molecule has 0 saturated heterocycles. The second-order valence-electron chi connectivity index (χ2n) is 4.74. The van der Waals surface area contributed by atoms with Gasteiger partial charge in [-0.05, 0) is 34.7 Å². The molecule has 2 aromatic rings. The molecule has 7 nitrogen and oxygen atoms in total. The number of amidine groups is 1. The quantitative estimate of drug-likeness (QED) is 0.148. The first-order valence-electron chi connectivity index (χ1n) is 6.80. The lowest BCUT2D eigenvalue weighted by Gasteiger charge is -2.14. The van der Waals surface area contributed by atoms with E-state index in [2.05, 4.69) is 10.6 Å². The van der Waals surface area contributed by atoms with E-state index in [0.29, 0.717) is 11.1 Å². The molecule has 0 aromatic heterocycles. The SMILES string of the molecule is NN/N=C(\N)c1c(SN)cccc1-c1ccc(C(O)CO)cc1. The Morgan fingerprint density at radius 2 is 1.91 bits per heavy atom. The van der Waals surface area contributed by atoms with Crippen LogP contribution in [0.25, 0.3) is 11.1 Å². The molecule has 0 fully saturated rings. The minimum Gasteiger partial charge on any atom is -0.393 e. The number of nitrogens with two attached hydrogens (primary N) is 3. The molecule has 0 bridgehead atoms. The van der Waals surface area contributed by atoms with Crippen molar-refractivity contribution < 1.29 is 10.2 Å². The van der Waals surface area contributed by atoms with Crippen molar-refractivity contribution in [2.45, 2.75) is 11.0 Å². The van der Waals surface area contributed by atoms with E-state index in [4.69, 9.17) is 21.8 Å². The number of aliphatic hydroxyl groups excluding tert-OH is 2. The third-order valence-corrected chi connectivity index (χ3v) is 3.97. The van der Waals surface area contributed by atoms with E-state index >= 15 is 0 Å². The van der Waals surface area contributed by atoms with Crippen molar-refractivity contribution in [3.8, 4) is 11.1 Å². The van der Waals surface area contributed by atoms with E-state index in [0.717, 1.165) is 28.0 Å². The second kappa shape index (κ2) is 7.95. The number of hydrogen-bond acceptors (Lipinski definition) is 7. The molecule has 0 saturated carbocycles. The first-order valence-corrected chi connectivity index (χ1v) is 7.68. The average Bonchev–Trinajstić information content (AvgIpc) is 2.60. The average molecular weight is 333 g/mol. The van der Waals surface area contributed by atoms with Crippen LogP contribution < -0.4 is 22.3 Å². The molecule has 1 unspecified atom stereocenters. The van der Waals surface area contributed by atoms with Gasteiger partial charge in [0.25, 0.3) is 0 Å². The number of hydrazone groups is 1. The van der Waals surface area contributed by atoms with Crippen molar-refractivity contribution >= 4 is 17.8 Å². The molecule has 0 aliphatic heterocycles. The van der Waals surface area contributed by atoms with Crippen LogP contribution in [0.3, 0.4) is 0 Å². The van der Waals surface area contributed by atoms with Gasteiger partial charge in [0.1, 0.15) is 6.10 Å². The van der Waals surface area contributed by atoms with E-state index in [1.807, 2.05) is 30.3 Å². The monoisotopic (exact) mass is 333 g/mol. The van der Waals surface area contributed by atoms with Gasteiger partial charge >= 0.3 is 0 Å². The van der Waals surface area contributed by atoms with E-state index in [1.165, 1.54) is 0 Å². The molecule has 122 valence electrons. The standard InChI is InChI=1S/C15H19N5O2S/c16-15(19-20-17)14-11(2-1-3-13(14)23-18)9-4-6-10(7-5-9)12(22)8-21/h1-7,12,20-22H,8,17-18H2,(H2,16,19). The highest BCUT2D eigenvalue weighted by Gasteiger charge is 2.14. The lowest BCUT2D eigenvalue weighted by molar-refractivity contribution is 0.0956. The Bertz CT molecular complexity index is 691. The Morgan fingerprint density at radius 3 is 2.48 bits per heavy atom. The van der Waals surface area contributed by atoms with E-state index in [9.17, 15) is 5.11 Å². The maximum absolute atomic E-state index is 9.65. The van der Waals surface area contributed by atoms with E-state index in [-0.39, 0.29) is 12.4 Å². The maximum Gasteiger partial charge on any atom is 0.153 e. The maximum atomic E-state index is 9.65. The zero-order valence-electron chi connectivity index (χ0n) is 12.3. The summed E-state index contributed by atoms with van der Waals surface area (Å²) >= 11 is 1.07. The molecule has 23 heavy (non-hydrogen) atoms. The lowest BCUT2D eigenvalue weighted by Crippen LogP contribution is -2.24. The summed E-state index contributed by atoms with van der Waals surface area (Å²) in [5, 5.41) is 28.2. The summed E-state index contributed by atoms with van der Waals surface area (Å²) in [7, 11) is 0. The van der Waals surface area contributed by atoms with Gasteiger partial charge in [-0.2, -0.15) is 0 Å². The fraction of sp³-hybridized carbons (Fsp3) is 0.133. The molecule has 0 radical (unpaired) electrons. The molecule has 0 spiro atoms. The summed E-state index contributed by atoms with van der Waals surface area (Å²) in [6, 6.07) is 12.8. The smallest absolute Gasteiger partial charge is 0.153 e. The number of hydrazine groups is 1. The summed E-state index contributed by atoms with van der Waals surface area (Å²) < 4.78 is 0. The van der Waals surface area contributed by atoms with Crippen LogP contribution in [0.2, 0.25) is 0 Å². The Labute approximate surface area is 138 Å². The highest BCUT2D eigenvalue weighted by Crippen LogP contribution is 2.30. The highest BCUT2D eigenvalue weighted by molar-refractivity contribution is 7.97. The summed E-state index contributed by atoms with van der Waals surface area (Å²) in [4.78, 5) is 0.762. The largest absolute Gasteiger partial charge is 0.393 e. The van der Waals surface area contributed by atoms with Crippen molar-refractivity contribution in [1.82, 2.24) is 5.53 Å². The van der Waals surface area contributed by atoms with Gasteiger partial charge < -0.3 is 15.9 Å². The van der Waals surface area contributed by atoms with Crippen LogP contribution in [-0.2, 0) is 0 Å². The number of rotatable bonds is 6. The lowest BCUT2D eigenvalue weighted by atomic mass is 9.97. The first-order chi connectivity index (χ1) is 11.1. The molecule has 2 rings (SSSR count). The van der Waals surface area contributed by atoms with Gasteiger partial charge in [0.15, 0.2) is 5.84 Å². The fourth-order valence-electron chi connectivity index (χ4n) is 2.25. The summed E-state index contributed by atoms with van der Waals surface area (Å²) in [6.07, 6.45) is -0.900. The summed E-state index contributed by atoms with van der Waals surface area (Å²) in [5.41, 5.74) is 11.2. The van der Waals surface area contributed by atoms with Crippen LogP contribution >= 0.6 is 11.9 Å². The van der Waals surface area contributed by atoms with Gasteiger partial charge in [0.2, 0.25) is 0 Å². The molecule has 0 aliphatic rings. The van der Waals surface area contributed by atoms with Crippen LogP contribution in [0, 0.1) is 0 Å². The number of hydrogen-bond donors (Lipinski definition) is 6. The number of aliphatic hydroxyl groups is 2. The van der Waals surface area contributed by atoms with Crippen LogP contribution in [0.1, 0.15) is 17.2 Å². The molecule has 0 amide bonds. The van der Waals surface area contributed by atoms with Crippen LogP contribution in [0.5, 0.6) is 0 Å². The van der Waals surface area contributed by atoms with Gasteiger partial charge in [0, 0.05) is 10.5 Å². The predicted octanol–water partition coefficient (Wildman–Crippen LogP) is 0.429. The van der Waals surface area contributed by atoms with Crippen LogP contribution in [0.15, 0.2) is 52.5 Å². The molecular formula is C15H19N5O2S. The number of nitrogens with zero attached hydrogens (tertiary/aromatic N) is 1. The van der Waals surface area contributed by atoms with Gasteiger partial charge in [-0.15, -0.1) is 5.10 Å². The van der Waals surface area contributed by atoms with Gasteiger partial charge in [0.05, 0.1) is 6.61 Å². The third kappa shape index (κ3) is 3.81. The van der Waals surface area contributed by atoms with E-state index < -0.39 is 6.10 Å². The normalized spacial score (nSPS) is 13.0. The van der Waals surface area contributed by atoms with Gasteiger partial charge in [-0.1, -0.05) is 36.4 Å². The molecule has 8 heteroatoms. The molecule has 2 aromatic carbocycles. The molecule has 0 heterocycles.